The minimum Gasteiger partial charge on any atom is -0.444 e. The molecular weight excluding hydrogens is 402 g/mol. The standard InChI is InChI=1S/C18H23N3O5S2/c1-18(2,3)26-17(22)20-16-19-15(12-27-16)13-4-6-14(7-5-13)28(23,24)21-8-10-25-11-9-21/h4-7,12H,8-11H2,1-3H3,(H,19,20,22). The molecule has 0 saturated carbocycles. The number of amides is 1. The summed E-state index contributed by atoms with van der Waals surface area (Å²) in [5.74, 6) is 0. The van der Waals surface area contributed by atoms with Crippen molar-refractivity contribution in [2.75, 3.05) is 31.6 Å². The number of ether oxygens (including phenoxy) is 2. The van der Waals surface area contributed by atoms with Crippen LogP contribution in [0.5, 0.6) is 0 Å². The molecule has 0 spiro atoms. The van der Waals surface area contributed by atoms with Gasteiger partial charge in [0.05, 0.1) is 23.8 Å². The molecule has 1 aliphatic rings. The van der Waals surface area contributed by atoms with Gasteiger partial charge in [0.2, 0.25) is 10.0 Å². The van der Waals surface area contributed by atoms with Gasteiger partial charge >= 0.3 is 6.09 Å². The van der Waals surface area contributed by atoms with Gasteiger partial charge in [-0.25, -0.2) is 18.2 Å². The van der Waals surface area contributed by atoms with Crippen molar-refractivity contribution in [3.05, 3.63) is 29.6 Å². The SMILES string of the molecule is CC(C)(C)OC(=O)Nc1nc(-c2ccc(S(=O)(=O)N3CCOCC3)cc2)cs1. The number of thiazole rings is 1. The fourth-order valence-electron chi connectivity index (χ4n) is 2.59. The summed E-state index contributed by atoms with van der Waals surface area (Å²) in [6.45, 7) is 6.88. The first kappa shape index (κ1) is 20.7. The molecule has 3 rings (SSSR count). The van der Waals surface area contributed by atoms with E-state index in [0.717, 1.165) is 5.56 Å². The second-order valence-corrected chi connectivity index (χ2v) is 10.0. The van der Waals surface area contributed by atoms with E-state index in [0.29, 0.717) is 37.1 Å². The number of anilines is 1. The number of carbonyl (C=O) groups is 1. The second kappa shape index (κ2) is 8.16. The van der Waals surface area contributed by atoms with Crippen LogP contribution >= 0.6 is 11.3 Å². The van der Waals surface area contributed by atoms with Crippen molar-refractivity contribution < 1.29 is 22.7 Å². The average Bonchev–Trinajstić information content (AvgIpc) is 3.09. The van der Waals surface area contributed by atoms with Crippen LogP contribution in [-0.4, -0.2) is 55.7 Å². The number of aromatic nitrogens is 1. The van der Waals surface area contributed by atoms with E-state index in [9.17, 15) is 13.2 Å². The van der Waals surface area contributed by atoms with Gasteiger partial charge in [-0.2, -0.15) is 4.31 Å². The molecule has 8 nitrogen and oxygen atoms in total. The van der Waals surface area contributed by atoms with Gasteiger partial charge in [-0.15, -0.1) is 11.3 Å². The summed E-state index contributed by atoms with van der Waals surface area (Å²) in [5.41, 5.74) is 0.812. The Balaban J connectivity index is 1.70. The van der Waals surface area contributed by atoms with Crippen LogP contribution in [0.3, 0.4) is 0 Å². The number of nitrogens with one attached hydrogen (secondary N) is 1. The summed E-state index contributed by atoms with van der Waals surface area (Å²) in [7, 11) is -3.53. The average molecular weight is 426 g/mol. The minimum atomic E-state index is -3.53. The van der Waals surface area contributed by atoms with Crippen LogP contribution in [0.4, 0.5) is 9.93 Å². The Morgan fingerprint density at radius 3 is 2.46 bits per heavy atom. The lowest BCUT2D eigenvalue weighted by molar-refractivity contribution is 0.0636. The highest BCUT2D eigenvalue weighted by Gasteiger charge is 2.26. The molecule has 2 aromatic rings. The minimum absolute atomic E-state index is 0.237. The predicted octanol–water partition coefficient (Wildman–Crippen LogP) is 3.18. The fourth-order valence-corrected chi connectivity index (χ4v) is 4.70. The third-order valence-electron chi connectivity index (χ3n) is 3.87. The van der Waals surface area contributed by atoms with Crippen molar-refractivity contribution in [1.82, 2.24) is 9.29 Å². The number of hydrogen-bond donors (Lipinski definition) is 1. The van der Waals surface area contributed by atoms with Gasteiger partial charge < -0.3 is 9.47 Å². The molecule has 0 aliphatic carbocycles. The van der Waals surface area contributed by atoms with E-state index >= 15 is 0 Å². The highest BCUT2D eigenvalue weighted by Crippen LogP contribution is 2.27. The maximum Gasteiger partial charge on any atom is 0.413 e. The molecular formula is C18H23N3O5S2. The van der Waals surface area contributed by atoms with E-state index < -0.39 is 21.7 Å². The maximum absolute atomic E-state index is 12.7. The van der Waals surface area contributed by atoms with Crippen LogP contribution in [-0.2, 0) is 19.5 Å². The van der Waals surface area contributed by atoms with Crippen LogP contribution in [0.25, 0.3) is 11.3 Å². The molecule has 1 N–H and O–H groups in total. The van der Waals surface area contributed by atoms with E-state index in [1.807, 2.05) is 0 Å². The molecule has 1 saturated heterocycles. The lowest BCUT2D eigenvalue weighted by Crippen LogP contribution is -2.40. The zero-order valence-electron chi connectivity index (χ0n) is 16.0. The fraction of sp³-hybridized carbons (Fsp3) is 0.444. The quantitative estimate of drug-likeness (QED) is 0.808. The number of nitrogens with zero attached hydrogens (tertiary/aromatic N) is 2. The van der Waals surface area contributed by atoms with E-state index in [1.54, 1.807) is 50.4 Å². The molecule has 0 bridgehead atoms. The zero-order chi connectivity index (χ0) is 20.4. The van der Waals surface area contributed by atoms with Crippen LogP contribution in [0.2, 0.25) is 0 Å². The van der Waals surface area contributed by atoms with Crippen molar-refractivity contribution in [2.24, 2.45) is 0 Å². The molecule has 152 valence electrons. The van der Waals surface area contributed by atoms with Gasteiger partial charge in [0.15, 0.2) is 5.13 Å². The van der Waals surface area contributed by atoms with Gasteiger partial charge in [-0.1, -0.05) is 12.1 Å². The summed E-state index contributed by atoms with van der Waals surface area (Å²) in [6, 6.07) is 6.56. The monoisotopic (exact) mass is 425 g/mol. The van der Waals surface area contributed by atoms with Crippen LogP contribution in [0, 0.1) is 0 Å². The van der Waals surface area contributed by atoms with Crippen molar-refractivity contribution in [3.63, 3.8) is 0 Å². The molecule has 0 radical (unpaired) electrons. The zero-order valence-corrected chi connectivity index (χ0v) is 17.6. The smallest absolute Gasteiger partial charge is 0.413 e. The first-order valence-electron chi connectivity index (χ1n) is 8.79. The van der Waals surface area contributed by atoms with Gasteiger partial charge in [0, 0.05) is 24.0 Å². The number of carbonyl (C=O) groups excluding carboxylic acids is 1. The van der Waals surface area contributed by atoms with Crippen molar-refractivity contribution >= 4 is 32.6 Å². The summed E-state index contributed by atoms with van der Waals surface area (Å²) < 4.78 is 37.2. The Bertz CT molecular complexity index is 927. The topological polar surface area (TPSA) is 97.8 Å². The van der Waals surface area contributed by atoms with Crippen LogP contribution < -0.4 is 5.32 Å². The molecule has 28 heavy (non-hydrogen) atoms. The Morgan fingerprint density at radius 2 is 1.86 bits per heavy atom. The molecule has 0 atom stereocenters. The molecule has 1 fully saturated rings. The Morgan fingerprint density at radius 1 is 1.21 bits per heavy atom. The second-order valence-electron chi connectivity index (χ2n) is 7.21. The largest absolute Gasteiger partial charge is 0.444 e. The Labute approximate surface area is 168 Å². The summed E-state index contributed by atoms with van der Waals surface area (Å²) in [4.78, 5) is 16.4. The van der Waals surface area contributed by atoms with Crippen molar-refractivity contribution in [1.29, 1.82) is 0 Å². The Kier molecular flexibility index (Phi) is 6.04. The highest BCUT2D eigenvalue weighted by molar-refractivity contribution is 7.89. The number of hydrogen-bond acceptors (Lipinski definition) is 7. The van der Waals surface area contributed by atoms with Gasteiger partial charge in [0.25, 0.3) is 0 Å². The van der Waals surface area contributed by atoms with Crippen molar-refractivity contribution in [2.45, 2.75) is 31.3 Å². The third kappa shape index (κ3) is 5.07. The lowest BCUT2D eigenvalue weighted by atomic mass is 10.2. The van der Waals surface area contributed by atoms with Crippen LogP contribution in [0.15, 0.2) is 34.5 Å². The molecule has 0 unspecified atom stereocenters. The summed E-state index contributed by atoms with van der Waals surface area (Å²) in [6.07, 6.45) is -0.569. The van der Waals surface area contributed by atoms with Crippen LogP contribution in [0.1, 0.15) is 20.8 Å². The molecule has 1 aliphatic heterocycles. The highest BCUT2D eigenvalue weighted by atomic mass is 32.2. The van der Waals surface area contributed by atoms with E-state index in [4.69, 9.17) is 9.47 Å². The summed E-state index contributed by atoms with van der Waals surface area (Å²) >= 11 is 1.27. The Hall–Kier alpha value is -2.01. The van der Waals surface area contributed by atoms with E-state index in [2.05, 4.69) is 10.3 Å². The lowest BCUT2D eigenvalue weighted by Gasteiger charge is -2.26. The summed E-state index contributed by atoms with van der Waals surface area (Å²) in [5, 5.41) is 4.80. The van der Waals surface area contributed by atoms with Gasteiger partial charge in [-0.3, -0.25) is 5.32 Å². The first-order valence-corrected chi connectivity index (χ1v) is 11.1. The number of sulfonamides is 1. The van der Waals surface area contributed by atoms with Gasteiger partial charge in [0.1, 0.15) is 5.60 Å². The predicted molar refractivity (Wildman–Crippen MR) is 107 cm³/mol. The normalized spacial score (nSPS) is 16.0. The third-order valence-corrected chi connectivity index (χ3v) is 6.54. The number of morpholine rings is 1. The van der Waals surface area contributed by atoms with Crippen molar-refractivity contribution in [3.8, 4) is 11.3 Å². The molecule has 10 heteroatoms. The van der Waals surface area contributed by atoms with E-state index in [1.165, 1.54) is 15.6 Å². The number of rotatable bonds is 4. The van der Waals surface area contributed by atoms with Gasteiger partial charge in [-0.05, 0) is 32.9 Å². The number of benzene rings is 1. The molecule has 2 heterocycles. The molecule has 1 amide bonds. The molecule has 1 aromatic heterocycles. The van der Waals surface area contributed by atoms with E-state index in [-0.39, 0.29) is 4.90 Å². The maximum atomic E-state index is 12.7. The molecule has 1 aromatic carbocycles. The first-order chi connectivity index (χ1) is 13.1.